The van der Waals surface area contributed by atoms with E-state index in [1.807, 2.05) is 50.2 Å². The van der Waals surface area contributed by atoms with Gasteiger partial charge in [0.2, 0.25) is 5.91 Å². The van der Waals surface area contributed by atoms with Gasteiger partial charge in [-0.1, -0.05) is 38.1 Å². The monoisotopic (exact) mass is 396 g/mol. The summed E-state index contributed by atoms with van der Waals surface area (Å²) in [5.41, 5.74) is 2.19. The van der Waals surface area contributed by atoms with Crippen LogP contribution in [0, 0.1) is 5.92 Å². The van der Waals surface area contributed by atoms with Gasteiger partial charge in [0.15, 0.2) is 0 Å². The van der Waals surface area contributed by atoms with E-state index in [1.165, 1.54) is 0 Å². The minimum absolute atomic E-state index is 0.0225. The zero-order valence-corrected chi connectivity index (χ0v) is 16.9. The van der Waals surface area contributed by atoms with E-state index in [0.717, 1.165) is 30.7 Å². The van der Waals surface area contributed by atoms with Crippen LogP contribution in [0.3, 0.4) is 0 Å². The standard InChI is InChI=1S/C23H28N2O4/c1-16(2)22(26)25-18-11-9-17(10-12-18)14-24-23(27)20-7-3-4-8-21(20)29-15-19-6-5-13-28-19/h3-4,7-12,16,19H,5-6,13-15H2,1-2H3,(H,24,27)(H,25,26)/t19-/m1/s1. The molecule has 1 atom stereocenters. The van der Waals surface area contributed by atoms with Gasteiger partial charge in [-0.15, -0.1) is 0 Å². The second kappa shape index (κ2) is 10.1. The van der Waals surface area contributed by atoms with Crippen LogP contribution in [0.5, 0.6) is 5.75 Å². The SMILES string of the molecule is CC(C)C(=O)Nc1ccc(CNC(=O)c2ccccc2OC[C@H]2CCCO2)cc1. The van der Waals surface area contributed by atoms with Crippen molar-refractivity contribution in [2.24, 2.45) is 5.92 Å². The van der Waals surface area contributed by atoms with Gasteiger partial charge in [0.1, 0.15) is 12.4 Å². The summed E-state index contributed by atoms with van der Waals surface area (Å²) < 4.78 is 11.4. The van der Waals surface area contributed by atoms with E-state index in [-0.39, 0.29) is 23.8 Å². The quantitative estimate of drug-likeness (QED) is 0.712. The zero-order chi connectivity index (χ0) is 20.6. The second-order valence-corrected chi connectivity index (χ2v) is 7.47. The third kappa shape index (κ3) is 6.06. The summed E-state index contributed by atoms with van der Waals surface area (Å²) in [5, 5.41) is 5.78. The van der Waals surface area contributed by atoms with Crippen molar-refractivity contribution in [1.82, 2.24) is 5.32 Å². The van der Waals surface area contributed by atoms with Crippen LogP contribution in [0.15, 0.2) is 48.5 Å². The number of hydrogen-bond donors (Lipinski definition) is 2. The van der Waals surface area contributed by atoms with Crippen molar-refractivity contribution in [3.8, 4) is 5.75 Å². The molecule has 0 unspecified atom stereocenters. The summed E-state index contributed by atoms with van der Waals surface area (Å²) in [5.74, 6) is 0.277. The number of benzene rings is 2. The van der Waals surface area contributed by atoms with Crippen molar-refractivity contribution >= 4 is 17.5 Å². The molecule has 29 heavy (non-hydrogen) atoms. The lowest BCUT2D eigenvalue weighted by Crippen LogP contribution is -2.24. The van der Waals surface area contributed by atoms with E-state index in [0.29, 0.717) is 24.5 Å². The van der Waals surface area contributed by atoms with E-state index >= 15 is 0 Å². The molecule has 2 amide bonds. The first-order valence-electron chi connectivity index (χ1n) is 10.0. The Morgan fingerprint density at radius 1 is 1.14 bits per heavy atom. The molecule has 6 heteroatoms. The number of nitrogens with one attached hydrogen (secondary N) is 2. The molecule has 1 aliphatic rings. The highest BCUT2D eigenvalue weighted by atomic mass is 16.5. The third-order valence-electron chi connectivity index (χ3n) is 4.78. The van der Waals surface area contributed by atoms with Crippen LogP contribution in [-0.2, 0) is 16.1 Å². The Morgan fingerprint density at radius 2 is 1.90 bits per heavy atom. The number of carbonyl (C=O) groups is 2. The molecule has 2 aromatic carbocycles. The van der Waals surface area contributed by atoms with E-state index in [1.54, 1.807) is 12.1 Å². The molecule has 1 aliphatic heterocycles. The van der Waals surface area contributed by atoms with E-state index < -0.39 is 0 Å². The van der Waals surface area contributed by atoms with Crippen LogP contribution in [0.25, 0.3) is 0 Å². The molecule has 0 aliphatic carbocycles. The van der Waals surface area contributed by atoms with Crippen molar-refractivity contribution in [2.75, 3.05) is 18.5 Å². The molecular weight excluding hydrogens is 368 g/mol. The average Bonchev–Trinajstić information content (AvgIpc) is 3.25. The van der Waals surface area contributed by atoms with Gasteiger partial charge >= 0.3 is 0 Å². The largest absolute Gasteiger partial charge is 0.490 e. The highest BCUT2D eigenvalue weighted by molar-refractivity contribution is 5.96. The van der Waals surface area contributed by atoms with Gasteiger partial charge in [0.05, 0.1) is 11.7 Å². The van der Waals surface area contributed by atoms with Crippen molar-refractivity contribution in [3.05, 3.63) is 59.7 Å². The topological polar surface area (TPSA) is 76.7 Å². The molecule has 1 heterocycles. The van der Waals surface area contributed by atoms with Gasteiger partial charge in [-0.3, -0.25) is 9.59 Å². The fraction of sp³-hybridized carbons (Fsp3) is 0.391. The molecule has 0 spiro atoms. The highest BCUT2D eigenvalue weighted by Crippen LogP contribution is 2.20. The zero-order valence-electron chi connectivity index (χ0n) is 16.9. The predicted molar refractivity (Wildman–Crippen MR) is 112 cm³/mol. The summed E-state index contributed by atoms with van der Waals surface area (Å²) in [4.78, 5) is 24.4. The maximum absolute atomic E-state index is 12.6. The van der Waals surface area contributed by atoms with Crippen LogP contribution in [0.4, 0.5) is 5.69 Å². The summed E-state index contributed by atoms with van der Waals surface area (Å²) in [6, 6.07) is 14.7. The molecule has 2 N–H and O–H groups in total. The summed E-state index contributed by atoms with van der Waals surface area (Å²) in [6.07, 6.45) is 2.14. The molecule has 3 rings (SSSR count). The highest BCUT2D eigenvalue weighted by Gasteiger charge is 2.18. The molecule has 1 fully saturated rings. The second-order valence-electron chi connectivity index (χ2n) is 7.47. The number of anilines is 1. The number of carbonyl (C=O) groups excluding carboxylic acids is 2. The summed E-state index contributed by atoms with van der Waals surface area (Å²) >= 11 is 0. The number of ether oxygens (including phenoxy) is 2. The van der Waals surface area contributed by atoms with Crippen LogP contribution in [0.2, 0.25) is 0 Å². The van der Waals surface area contributed by atoms with Crippen LogP contribution < -0.4 is 15.4 Å². The summed E-state index contributed by atoms with van der Waals surface area (Å²) in [7, 11) is 0. The molecule has 1 saturated heterocycles. The number of hydrogen-bond acceptors (Lipinski definition) is 4. The minimum atomic E-state index is -0.190. The molecule has 0 bridgehead atoms. The first-order valence-corrected chi connectivity index (χ1v) is 10.0. The fourth-order valence-corrected chi connectivity index (χ4v) is 3.01. The van der Waals surface area contributed by atoms with Crippen molar-refractivity contribution in [2.45, 2.75) is 39.3 Å². The predicted octanol–water partition coefficient (Wildman–Crippen LogP) is 3.77. The molecule has 154 valence electrons. The smallest absolute Gasteiger partial charge is 0.255 e. The number of rotatable bonds is 8. The van der Waals surface area contributed by atoms with Gasteiger partial charge in [-0.2, -0.15) is 0 Å². The Hall–Kier alpha value is -2.86. The summed E-state index contributed by atoms with van der Waals surface area (Å²) in [6.45, 7) is 5.31. The maximum atomic E-state index is 12.6. The molecule has 0 radical (unpaired) electrons. The van der Waals surface area contributed by atoms with Crippen molar-refractivity contribution in [1.29, 1.82) is 0 Å². The molecular formula is C23H28N2O4. The maximum Gasteiger partial charge on any atom is 0.255 e. The fourth-order valence-electron chi connectivity index (χ4n) is 3.01. The first-order chi connectivity index (χ1) is 14.0. The van der Waals surface area contributed by atoms with Gasteiger partial charge < -0.3 is 20.1 Å². The molecule has 0 aromatic heterocycles. The van der Waals surface area contributed by atoms with Crippen LogP contribution in [0.1, 0.15) is 42.6 Å². The lowest BCUT2D eigenvalue weighted by atomic mass is 10.1. The lowest BCUT2D eigenvalue weighted by Gasteiger charge is -2.14. The van der Waals surface area contributed by atoms with E-state index in [2.05, 4.69) is 10.6 Å². The third-order valence-corrected chi connectivity index (χ3v) is 4.78. The van der Waals surface area contributed by atoms with Gasteiger partial charge in [-0.25, -0.2) is 0 Å². The Labute approximate surface area is 171 Å². The first kappa shape index (κ1) is 20.9. The van der Waals surface area contributed by atoms with Crippen molar-refractivity contribution in [3.63, 3.8) is 0 Å². The molecule has 2 aromatic rings. The van der Waals surface area contributed by atoms with Crippen molar-refractivity contribution < 1.29 is 19.1 Å². The Bertz CT molecular complexity index is 827. The number of para-hydroxylation sites is 1. The molecule has 0 saturated carbocycles. The van der Waals surface area contributed by atoms with Gasteiger partial charge in [0.25, 0.3) is 5.91 Å². The normalized spacial score (nSPS) is 15.9. The molecule has 6 nitrogen and oxygen atoms in total. The average molecular weight is 396 g/mol. The Morgan fingerprint density at radius 3 is 2.59 bits per heavy atom. The van der Waals surface area contributed by atoms with E-state index in [9.17, 15) is 9.59 Å². The van der Waals surface area contributed by atoms with E-state index in [4.69, 9.17) is 9.47 Å². The van der Waals surface area contributed by atoms with Crippen LogP contribution in [-0.4, -0.2) is 31.1 Å². The Kier molecular flexibility index (Phi) is 7.25. The van der Waals surface area contributed by atoms with Gasteiger partial charge in [-0.05, 0) is 42.7 Å². The van der Waals surface area contributed by atoms with Crippen LogP contribution >= 0.6 is 0 Å². The Balaban J connectivity index is 1.54. The van der Waals surface area contributed by atoms with Gasteiger partial charge in [0, 0.05) is 24.8 Å². The number of amides is 2. The minimum Gasteiger partial charge on any atom is -0.490 e. The lowest BCUT2D eigenvalue weighted by molar-refractivity contribution is -0.118.